The van der Waals surface area contributed by atoms with E-state index in [1.165, 1.54) is 0 Å². The number of unbranched alkanes of at least 4 members (excludes halogenated alkanes) is 1. The number of hydrogen-bond acceptors (Lipinski definition) is 3. The third-order valence-corrected chi connectivity index (χ3v) is 2.92. The summed E-state index contributed by atoms with van der Waals surface area (Å²) in [4.78, 5) is 0. The Balaban J connectivity index is 3.21. The van der Waals surface area contributed by atoms with Crippen LogP contribution in [0, 0.1) is 0 Å². The molecule has 62 valence electrons. The van der Waals surface area contributed by atoms with Crippen molar-refractivity contribution < 1.29 is 8.42 Å². The Morgan fingerprint density at radius 3 is 2.40 bits per heavy atom. The molecule has 0 atom stereocenters. The van der Waals surface area contributed by atoms with E-state index in [4.69, 9.17) is 10.7 Å². The molecule has 0 aliphatic carbocycles. The Labute approximate surface area is 70.8 Å². The topological polar surface area (TPSA) is 34.1 Å². The van der Waals surface area contributed by atoms with E-state index in [-0.39, 0.29) is 5.75 Å². The third-order valence-electron chi connectivity index (χ3n) is 0.987. The predicted octanol–water partition coefficient (Wildman–Crippen LogP) is 1.70. The van der Waals surface area contributed by atoms with Gasteiger partial charge in [0.05, 0.1) is 5.75 Å². The molecule has 0 heterocycles. The fourth-order valence-corrected chi connectivity index (χ4v) is 1.89. The van der Waals surface area contributed by atoms with Gasteiger partial charge in [-0.1, -0.05) is 0 Å². The number of thioether (sulfide) groups is 1. The van der Waals surface area contributed by atoms with Gasteiger partial charge in [0.2, 0.25) is 9.05 Å². The van der Waals surface area contributed by atoms with E-state index in [1.807, 2.05) is 6.26 Å². The third kappa shape index (κ3) is 8.59. The first kappa shape index (κ1) is 10.6. The zero-order valence-electron chi connectivity index (χ0n) is 5.84. The average Bonchev–Trinajstić information content (AvgIpc) is 1.78. The predicted molar refractivity (Wildman–Crippen MR) is 47.3 cm³/mol. The minimum atomic E-state index is -3.24. The van der Waals surface area contributed by atoms with Crippen LogP contribution >= 0.6 is 22.4 Å². The highest BCUT2D eigenvalue weighted by molar-refractivity contribution is 8.13. The monoisotopic (exact) mass is 202 g/mol. The minimum absolute atomic E-state index is 0.106. The summed E-state index contributed by atoms with van der Waals surface area (Å²) in [6.45, 7) is 0. The first-order chi connectivity index (χ1) is 4.56. The van der Waals surface area contributed by atoms with Crippen LogP contribution in [-0.4, -0.2) is 26.2 Å². The van der Waals surface area contributed by atoms with Crippen molar-refractivity contribution in [1.29, 1.82) is 0 Å². The van der Waals surface area contributed by atoms with Crippen LogP contribution in [0.4, 0.5) is 0 Å². The molecule has 0 N–H and O–H groups in total. The lowest BCUT2D eigenvalue weighted by atomic mass is 10.4. The molecule has 0 radical (unpaired) electrons. The first-order valence-corrected chi connectivity index (χ1v) is 6.85. The van der Waals surface area contributed by atoms with Gasteiger partial charge in [0, 0.05) is 10.7 Å². The highest BCUT2D eigenvalue weighted by Crippen LogP contribution is 2.04. The highest BCUT2D eigenvalue weighted by Gasteiger charge is 2.02. The summed E-state index contributed by atoms with van der Waals surface area (Å²) in [5.74, 6) is 1.11. The molecule has 0 aliphatic rings. The van der Waals surface area contributed by atoms with Gasteiger partial charge in [0.1, 0.15) is 0 Å². The van der Waals surface area contributed by atoms with Crippen LogP contribution in [0.15, 0.2) is 0 Å². The Hall–Kier alpha value is 0.590. The van der Waals surface area contributed by atoms with Crippen molar-refractivity contribution in [3.05, 3.63) is 0 Å². The van der Waals surface area contributed by atoms with Crippen molar-refractivity contribution in [1.82, 2.24) is 0 Å². The molecular formula is C5H11ClO2S2. The van der Waals surface area contributed by atoms with Gasteiger partial charge in [-0.25, -0.2) is 8.42 Å². The zero-order chi connectivity index (χ0) is 8.04. The van der Waals surface area contributed by atoms with Crippen molar-refractivity contribution >= 4 is 31.5 Å². The normalized spacial score (nSPS) is 11.8. The summed E-state index contributed by atoms with van der Waals surface area (Å²) < 4.78 is 20.7. The molecule has 0 aromatic carbocycles. The summed E-state index contributed by atoms with van der Waals surface area (Å²) in [6, 6.07) is 0. The molecule has 2 nitrogen and oxygen atoms in total. The van der Waals surface area contributed by atoms with Crippen molar-refractivity contribution in [2.45, 2.75) is 12.8 Å². The lowest BCUT2D eigenvalue weighted by molar-refractivity contribution is 0.606. The van der Waals surface area contributed by atoms with Crippen LogP contribution in [0.25, 0.3) is 0 Å². The van der Waals surface area contributed by atoms with Crippen LogP contribution in [-0.2, 0) is 9.05 Å². The highest BCUT2D eigenvalue weighted by atomic mass is 35.7. The zero-order valence-corrected chi connectivity index (χ0v) is 8.23. The summed E-state index contributed by atoms with van der Waals surface area (Å²) >= 11 is 1.71. The maximum atomic E-state index is 10.4. The number of hydrogen-bond donors (Lipinski definition) is 0. The molecule has 0 aromatic heterocycles. The molecule has 0 unspecified atom stereocenters. The number of halogens is 1. The molecule has 0 spiro atoms. The Morgan fingerprint density at radius 2 is 2.00 bits per heavy atom. The van der Waals surface area contributed by atoms with Gasteiger partial charge in [-0.15, -0.1) is 0 Å². The average molecular weight is 203 g/mol. The van der Waals surface area contributed by atoms with E-state index in [0.29, 0.717) is 6.42 Å². The van der Waals surface area contributed by atoms with Gasteiger partial charge < -0.3 is 0 Å². The van der Waals surface area contributed by atoms with Gasteiger partial charge in [0.25, 0.3) is 0 Å². The summed E-state index contributed by atoms with van der Waals surface area (Å²) in [7, 11) is 1.74. The lowest BCUT2D eigenvalue weighted by Crippen LogP contribution is -1.97. The van der Waals surface area contributed by atoms with Crippen molar-refractivity contribution in [2.75, 3.05) is 17.8 Å². The largest absolute Gasteiger partial charge is 0.232 e. The van der Waals surface area contributed by atoms with E-state index in [0.717, 1.165) is 12.2 Å². The Bertz CT molecular complexity index is 164. The second-order valence-corrected chi connectivity index (χ2v) is 5.82. The van der Waals surface area contributed by atoms with Gasteiger partial charge in [0.15, 0.2) is 0 Å². The molecule has 0 saturated heterocycles. The molecular weight excluding hydrogens is 192 g/mol. The molecule has 0 rings (SSSR count). The van der Waals surface area contributed by atoms with E-state index < -0.39 is 9.05 Å². The first-order valence-electron chi connectivity index (χ1n) is 2.97. The molecule has 0 amide bonds. The van der Waals surface area contributed by atoms with Crippen molar-refractivity contribution in [2.24, 2.45) is 0 Å². The quantitative estimate of drug-likeness (QED) is 0.503. The maximum Gasteiger partial charge on any atom is 0.232 e. The van der Waals surface area contributed by atoms with Gasteiger partial charge >= 0.3 is 0 Å². The minimum Gasteiger partial charge on any atom is -0.212 e. The summed E-state index contributed by atoms with van der Waals surface area (Å²) in [6.07, 6.45) is 3.59. The van der Waals surface area contributed by atoms with Gasteiger partial charge in [-0.2, -0.15) is 11.8 Å². The van der Waals surface area contributed by atoms with Crippen molar-refractivity contribution in [3.8, 4) is 0 Å². The van der Waals surface area contributed by atoms with E-state index in [9.17, 15) is 8.42 Å². The Morgan fingerprint density at radius 1 is 1.40 bits per heavy atom. The molecule has 0 fully saturated rings. The van der Waals surface area contributed by atoms with E-state index in [1.54, 1.807) is 11.8 Å². The molecule has 10 heavy (non-hydrogen) atoms. The van der Waals surface area contributed by atoms with Crippen LogP contribution < -0.4 is 0 Å². The fraction of sp³-hybridized carbons (Fsp3) is 1.00. The summed E-state index contributed by atoms with van der Waals surface area (Å²) in [5, 5.41) is 0. The van der Waals surface area contributed by atoms with Crippen LogP contribution in [0.3, 0.4) is 0 Å². The van der Waals surface area contributed by atoms with Gasteiger partial charge in [-0.05, 0) is 24.9 Å². The van der Waals surface area contributed by atoms with Crippen LogP contribution in [0.1, 0.15) is 12.8 Å². The lowest BCUT2D eigenvalue weighted by Gasteiger charge is -1.94. The molecule has 0 saturated carbocycles. The van der Waals surface area contributed by atoms with E-state index >= 15 is 0 Å². The second-order valence-electron chi connectivity index (χ2n) is 1.94. The van der Waals surface area contributed by atoms with E-state index in [2.05, 4.69) is 0 Å². The maximum absolute atomic E-state index is 10.4. The molecule has 0 aliphatic heterocycles. The molecule has 0 aromatic rings. The second kappa shape index (κ2) is 5.27. The number of rotatable bonds is 5. The van der Waals surface area contributed by atoms with Crippen molar-refractivity contribution in [3.63, 3.8) is 0 Å². The SMILES string of the molecule is CSCCCCS(=O)(=O)Cl. The standard InChI is InChI=1S/C5H11ClO2S2/c1-9-4-2-3-5-10(6,7)8/h2-5H2,1H3. The van der Waals surface area contributed by atoms with Crippen LogP contribution in [0.5, 0.6) is 0 Å². The Kier molecular flexibility index (Phi) is 5.58. The summed E-state index contributed by atoms with van der Waals surface area (Å²) in [5.41, 5.74) is 0. The smallest absolute Gasteiger partial charge is 0.212 e. The van der Waals surface area contributed by atoms with Crippen LogP contribution in [0.2, 0.25) is 0 Å². The van der Waals surface area contributed by atoms with Gasteiger partial charge in [-0.3, -0.25) is 0 Å². The molecule has 5 heteroatoms. The fourth-order valence-electron chi connectivity index (χ4n) is 0.521. The molecule has 0 bridgehead atoms.